The van der Waals surface area contributed by atoms with Gasteiger partial charge in [-0.15, -0.1) is 0 Å². The Bertz CT molecular complexity index is 472. The molecule has 2 aromatic rings. The molecule has 0 bridgehead atoms. The molecule has 0 saturated carbocycles. The molecule has 4 heteroatoms. The van der Waals surface area contributed by atoms with Gasteiger partial charge in [0.05, 0.1) is 0 Å². The molecule has 0 N–H and O–H groups in total. The minimum Gasteiger partial charge on any atom is -0.238 e. The first-order valence-electron chi connectivity index (χ1n) is 3.58. The van der Waals surface area contributed by atoms with Gasteiger partial charge in [0.25, 0.3) is 0 Å². The third kappa shape index (κ3) is 1.67. The molecular weight excluding hydrogens is 256 g/mol. The Morgan fingerprint density at radius 2 is 2.08 bits per heavy atom. The van der Waals surface area contributed by atoms with E-state index in [9.17, 15) is 4.39 Å². The highest BCUT2D eigenvalue weighted by atomic mass is 79.9. The van der Waals surface area contributed by atoms with Crippen LogP contribution in [0.2, 0.25) is 5.02 Å². The van der Waals surface area contributed by atoms with Crippen molar-refractivity contribution in [3.63, 3.8) is 0 Å². The molecule has 1 aromatic heterocycles. The number of aromatic nitrogens is 1. The topological polar surface area (TPSA) is 12.9 Å². The molecule has 0 aliphatic rings. The van der Waals surface area contributed by atoms with Crippen molar-refractivity contribution in [2.75, 3.05) is 0 Å². The first-order chi connectivity index (χ1) is 6.16. The van der Waals surface area contributed by atoms with E-state index in [1.807, 2.05) is 0 Å². The zero-order valence-electron chi connectivity index (χ0n) is 6.39. The smallest absolute Gasteiger partial charge is 0.150 e. The number of nitrogens with zero attached hydrogens (tertiary/aromatic N) is 1. The average molecular weight is 260 g/mol. The summed E-state index contributed by atoms with van der Waals surface area (Å²) in [5.74, 6) is -0.399. The van der Waals surface area contributed by atoms with E-state index in [4.69, 9.17) is 11.6 Å². The van der Waals surface area contributed by atoms with E-state index in [2.05, 4.69) is 20.9 Å². The average Bonchev–Trinajstić information content (AvgIpc) is 2.06. The quantitative estimate of drug-likeness (QED) is 0.657. The number of hydrogen-bond acceptors (Lipinski definition) is 1. The summed E-state index contributed by atoms with van der Waals surface area (Å²) in [5.41, 5.74) is 0.332. The molecule has 2 rings (SSSR count). The van der Waals surface area contributed by atoms with E-state index < -0.39 is 5.82 Å². The predicted octanol–water partition coefficient (Wildman–Crippen LogP) is 3.79. The minimum absolute atomic E-state index is 0.332. The van der Waals surface area contributed by atoms with Crippen LogP contribution >= 0.6 is 27.5 Å². The van der Waals surface area contributed by atoms with Crippen molar-refractivity contribution in [3.8, 4) is 0 Å². The molecule has 0 aliphatic carbocycles. The van der Waals surface area contributed by atoms with Gasteiger partial charge in [0.15, 0.2) is 5.82 Å². The van der Waals surface area contributed by atoms with Gasteiger partial charge in [-0.05, 0) is 40.2 Å². The van der Waals surface area contributed by atoms with Crippen LogP contribution in [0.3, 0.4) is 0 Å². The Labute approximate surface area is 87.7 Å². The molecule has 0 amide bonds. The Morgan fingerprint density at radius 1 is 1.31 bits per heavy atom. The van der Waals surface area contributed by atoms with Gasteiger partial charge in [-0.25, -0.2) is 9.37 Å². The molecule has 0 atom stereocenters. The monoisotopic (exact) mass is 259 g/mol. The molecule has 0 radical (unpaired) electrons. The van der Waals surface area contributed by atoms with E-state index in [1.54, 1.807) is 18.2 Å². The number of halogens is 3. The van der Waals surface area contributed by atoms with Gasteiger partial charge in [-0.1, -0.05) is 11.6 Å². The summed E-state index contributed by atoms with van der Waals surface area (Å²) >= 11 is 8.86. The number of hydrogen-bond donors (Lipinski definition) is 0. The van der Waals surface area contributed by atoms with E-state index in [0.717, 1.165) is 0 Å². The summed E-state index contributed by atoms with van der Waals surface area (Å²) in [4.78, 5) is 4.00. The van der Waals surface area contributed by atoms with Gasteiger partial charge in [0, 0.05) is 10.4 Å². The second-order valence-corrected chi connectivity index (χ2v) is 3.84. The maximum Gasteiger partial charge on any atom is 0.150 e. The van der Waals surface area contributed by atoms with Crippen molar-refractivity contribution in [1.82, 2.24) is 4.98 Å². The van der Waals surface area contributed by atoms with Crippen LogP contribution in [0, 0.1) is 5.82 Å². The van der Waals surface area contributed by atoms with Gasteiger partial charge in [-0.3, -0.25) is 0 Å². The van der Waals surface area contributed by atoms with Gasteiger partial charge in [0.1, 0.15) is 10.1 Å². The van der Waals surface area contributed by atoms with Crippen molar-refractivity contribution < 1.29 is 4.39 Å². The highest BCUT2D eigenvalue weighted by Crippen LogP contribution is 2.22. The van der Waals surface area contributed by atoms with E-state index in [-0.39, 0.29) is 0 Å². The van der Waals surface area contributed by atoms with E-state index in [1.165, 1.54) is 6.07 Å². The van der Waals surface area contributed by atoms with E-state index in [0.29, 0.717) is 20.5 Å². The molecule has 66 valence electrons. The molecule has 13 heavy (non-hydrogen) atoms. The summed E-state index contributed by atoms with van der Waals surface area (Å²) in [6.45, 7) is 0. The Morgan fingerprint density at radius 3 is 2.85 bits per heavy atom. The van der Waals surface area contributed by atoms with Crippen molar-refractivity contribution >= 4 is 38.4 Å². The maximum absolute atomic E-state index is 13.3. The molecular formula is C9H4BrClFN. The fraction of sp³-hybridized carbons (Fsp3) is 0. The number of benzene rings is 1. The van der Waals surface area contributed by atoms with Crippen LogP contribution in [0.15, 0.2) is 28.9 Å². The summed E-state index contributed by atoms with van der Waals surface area (Å²) < 4.78 is 13.9. The Balaban J connectivity index is 2.87. The van der Waals surface area contributed by atoms with Gasteiger partial charge >= 0.3 is 0 Å². The SMILES string of the molecule is Fc1cc(Cl)cc2ccc(Br)nc12. The van der Waals surface area contributed by atoms with Gasteiger partial charge in [-0.2, -0.15) is 0 Å². The normalized spacial score (nSPS) is 10.7. The highest BCUT2D eigenvalue weighted by Gasteiger charge is 2.04. The lowest BCUT2D eigenvalue weighted by Crippen LogP contribution is -1.84. The largest absolute Gasteiger partial charge is 0.238 e. The fourth-order valence-electron chi connectivity index (χ4n) is 1.13. The minimum atomic E-state index is -0.399. The number of pyridine rings is 1. The molecule has 1 nitrogen and oxygen atoms in total. The van der Waals surface area contributed by atoms with Crippen LogP contribution in [0.25, 0.3) is 10.9 Å². The lowest BCUT2D eigenvalue weighted by Gasteiger charge is -1.99. The van der Waals surface area contributed by atoms with Crippen molar-refractivity contribution in [2.24, 2.45) is 0 Å². The van der Waals surface area contributed by atoms with Crippen molar-refractivity contribution in [1.29, 1.82) is 0 Å². The molecule has 0 spiro atoms. The lowest BCUT2D eigenvalue weighted by atomic mass is 10.2. The third-order valence-electron chi connectivity index (χ3n) is 1.68. The lowest BCUT2D eigenvalue weighted by molar-refractivity contribution is 0.636. The zero-order chi connectivity index (χ0) is 9.42. The predicted molar refractivity (Wildman–Crippen MR) is 54.4 cm³/mol. The summed E-state index contributed by atoms with van der Waals surface area (Å²) in [6.07, 6.45) is 0. The standard InChI is InChI=1S/C9H4BrClFN/c10-8-2-1-5-3-6(11)4-7(12)9(5)13-8/h1-4H. The zero-order valence-corrected chi connectivity index (χ0v) is 8.73. The molecule has 0 unspecified atom stereocenters. The summed E-state index contributed by atoms with van der Waals surface area (Å²) in [7, 11) is 0. The van der Waals surface area contributed by atoms with Crippen LogP contribution in [0.5, 0.6) is 0 Å². The van der Waals surface area contributed by atoms with E-state index >= 15 is 0 Å². The fourth-order valence-corrected chi connectivity index (χ4v) is 1.66. The summed E-state index contributed by atoms with van der Waals surface area (Å²) in [6, 6.07) is 6.45. The first-order valence-corrected chi connectivity index (χ1v) is 4.75. The Hall–Kier alpha value is -0.670. The van der Waals surface area contributed by atoms with Crippen molar-refractivity contribution in [2.45, 2.75) is 0 Å². The first kappa shape index (κ1) is 8.91. The molecule has 0 saturated heterocycles. The van der Waals surface area contributed by atoms with Crippen LogP contribution in [-0.2, 0) is 0 Å². The summed E-state index contributed by atoms with van der Waals surface area (Å²) in [5, 5.41) is 1.09. The van der Waals surface area contributed by atoms with Crippen LogP contribution in [0.1, 0.15) is 0 Å². The van der Waals surface area contributed by atoms with Crippen LogP contribution < -0.4 is 0 Å². The second kappa shape index (κ2) is 3.24. The second-order valence-electron chi connectivity index (χ2n) is 2.59. The molecule has 0 aliphatic heterocycles. The van der Waals surface area contributed by atoms with Crippen LogP contribution in [0.4, 0.5) is 4.39 Å². The molecule has 0 fully saturated rings. The maximum atomic E-state index is 13.3. The highest BCUT2D eigenvalue weighted by molar-refractivity contribution is 9.10. The number of rotatable bonds is 0. The van der Waals surface area contributed by atoms with Gasteiger partial charge in [0.2, 0.25) is 0 Å². The molecule has 1 heterocycles. The van der Waals surface area contributed by atoms with Crippen LogP contribution in [-0.4, -0.2) is 4.98 Å². The van der Waals surface area contributed by atoms with Crippen molar-refractivity contribution in [3.05, 3.63) is 39.7 Å². The van der Waals surface area contributed by atoms with Gasteiger partial charge < -0.3 is 0 Å². The number of fused-ring (bicyclic) bond motifs is 1. The molecule has 1 aromatic carbocycles. The third-order valence-corrected chi connectivity index (χ3v) is 2.34. The Kier molecular flexibility index (Phi) is 2.22.